The predicted octanol–water partition coefficient (Wildman–Crippen LogP) is 2.20. The molecule has 3 nitrogen and oxygen atoms in total. The first-order valence-corrected chi connectivity index (χ1v) is 6.90. The Morgan fingerprint density at radius 2 is 2.35 bits per heavy atom. The van der Waals surface area contributed by atoms with Crippen LogP contribution in [0.15, 0.2) is 18.2 Å². The summed E-state index contributed by atoms with van der Waals surface area (Å²) in [4.78, 5) is 14.2. The average molecular weight is 345 g/mol. The molecule has 92 valence electrons. The molecule has 1 amide bonds. The van der Waals surface area contributed by atoms with Gasteiger partial charge in [0.15, 0.2) is 0 Å². The molecule has 1 fully saturated rings. The van der Waals surface area contributed by atoms with Gasteiger partial charge in [-0.15, -0.1) is 0 Å². The lowest BCUT2D eigenvalue weighted by molar-refractivity contribution is 0.0676. The average Bonchev–Trinajstić information content (AvgIpc) is 2.80. The van der Waals surface area contributed by atoms with E-state index in [1.165, 1.54) is 0 Å². The molecule has 0 aliphatic carbocycles. The highest BCUT2D eigenvalue weighted by Gasteiger charge is 2.29. The van der Waals surface area contributed by atoms with Gasteiger partial charge in [0.2, 0.25) is 0 Å². The van der Waals surface area contributed by atoms with Gasteiger partial charge in [0.25, 0.3) is 5.91 Å². The zero-order valence-corrected chi connectivity index (χ0v) is 12.0. The Morgan fingerprint density at radius 3 is 3.06 bits per heavy atom. The number of halogens is 1. The van der Waals surface area contributed by atoms with E-state index in [1.807, 2.05) is 25.1 Å². The van der Waals surface area contributed by atoms with Crippen molar-refractivity contribution in [3.05, 3.63) is 32.9 Å². The number of hydrogen-bond acceptors (Lipinski definition) is 2. The van der Waals surface area contributed by atoms with Gasteiger partial charge in [-0.05, 0) is 54.0 Å². The second-order valence-electron chi connectivity index (χ2n) is 4.41. The summed E-state index contributed by atoms with van der Waals surface area (Å²) in [7, 11) is 0. The van der Waals surface area contributed by atoms with E-state index < -0.39 is 0 Å². The monoisotopic (exact) mass is 345 g/mol. The summed E-state index contributed by atoms with van der Waals surface area (Å²) in [5, 5.41) is 9.26. The Hall–Kier alpha value is -0.620. The Balaban J connectivity index is 2.28. The Kier molecular flexibility index (Phi) is 4.04. The van der Waals surface area contributed by atoms with E-state index in [0.29, 0.717) is 0 Å². The number of amides is 1. The van der Waals surface area contributed by atoms with Crippen molar-refractivity contribution in [1.29, 1.82) is 0 Å². The Labute approximate surface area is 115 Å². The Bertz CT molecular complexity index is 433. The number of hydrogen-bond donors (Lipinski definition) is 1. The fraction of sp³-hybridized carbons (Fsp3) is 0.462. The molecule has 1 atom stereocenters. The maximum absolute atomic E-state index is 12.4. The van der Waals surface area contributed by atoms with Gasteiger partial charge in [-0.1, -0.05) is 12.1 Å². The smallest absolute Gasteiger partial charge is 0.255 e. The van der Waals surface area contributed by atoms with E-state index in [-0.39, 0.29) is 18.6 Å². The van der Waals surface area contributed by atoms with Crippen LogP contribution in [0, 0.1) is 10.5 Å². The summed E-state index contributed by atoms with van der Waals surface area (Å²) in [5.74, 6) is 0.0506. The first-order valence-electron chi connectivity index (χ1n) is 5.82. The highest BCUT2D eigenvalue weighted by atomic mass is 127. The molecular weight excluding hydrogens is 329 g/mol. The van der Waals surface area contributed by atoms with Crippen LogP contribution in [0.4, 0.5) is 0 Å². The van der Waals surface area contributed by atoms with Crippen LogP contribution in [0.1, 0.15) is 28.8 Å². The zero-order valence-electron chi connectivity index (χ0n) is 9.82. The molecular formula is C13H16INO2. The summed E-state index contributed by atoms with van der Waals surface area (Å²) < 4.78 is 1.01. The van der Waals surface area contributed by atoms with Gasteiger partial charge >= 0.3 is 0 Å². The third-order valence-corrected chi connectivity index (χ3v) is 4.70. The van der Waals surface area contributed by atoms with Crippen molar-refractivity contribution in [3.8, 4) is 0 Å². The predicted molar refractivity (Wildman–Crippen MR) is 75.0 cm³/mol. The minimum Gasteiger partial charge on any atom is -0.394 e. The highest BCUT2D eigenvalue weighted by Crippen LogP contribution is 2.23. The van der Waals surface area contributed by atoms with E-state index in [2.05, 4.69) is 22.6 Å². The molecule has 1 aromatic carbocycles. The number of rotatable bonds is 2. The number of carbonyl (C=O) groups is 1. The molecule has 1 heterocycles. The molecule has 1 N–H and O–H groups in total. The van der Waals surface area contributed by atoms with Crippen molar-refractivity contribution in [2.24, 2.45) is 0 Å². The largest absolute Gasteiger partial charge is 0.394 e. The summed E-state index contributed by atoms with van der Waals surface area (Å²) in [5.41, 5.74) is 1.88. The van der Waals surface area contributed by atoms with Gasteiger partial charge in [0, 0.05) is 10.1 Å². The van der Waals surface area contributed by atoms with Crippen LogP contribution < -0.4 is 0 Å². The SMILES string of the molecule is Cc1cccc(C(=O)N2CCC[C@@H]2CO)c1I. The number of aliphatic hydroxyl groups is 1. The minimum atomic E-state index is -0.00110. The van der Waals surface area contributed by atoms with E-state index >= 15 is 0 Å². The topological polar surface area (TPSA) is 40.5 Å². The van der Waals surface area contributed by atoms with Crippen LogP contribution in [0.3, 0.4) is 0 Å². The van der Waals surface area contributed by atoms with Crippen LogP contribution in [0.25, 0.3) is 0 Å². The van der Waals surface area contributed by atoms with Gasteiger partial charge < -0.3 is 10.0 Å². The molecule has 0 saturated carbocycles. The van der Waals surface area contributed by atoms with Crippen LogP contribution in [-0.2, 0) is 0 Å². The number of carbonyl (C=O) groups excluding carboxylic acids is 1. The first-order chi connectivity index (χ1) is 8.15. The number of likely N-dealkylation sites (tertiary alicyclic amines) is 1. The molecule has 1 aromatic rings. The van der Waals surface area contributed by atoms with Crippen LogP contribution in [0.2, 0.25) is 0 Å². The normalized spacial score (nSPS) is 19.7. The van der Waals surface area contributed by atoms with E-state index in [1.54, 1.807) is 4.90 Å². The van der Waals surface area contributed by atoms with Crippen molar-refractivity contribution in [3.63, 3.8) is 0 Å². The molecule has 1 aliphatic heterocycles. The van der Waals surface area contributed by atoms with Crippen molar-refractivity contribution in [2.45, 2.75) is 25.8 Å². The maximum Gasteiger partial charge on any atom is 0.255 e. The second kappa shape index (κ2) is 5.35. The second-order valence-corrected chi connectivity index (χ2v) is 5.49. The van der Waals surface area contributed by atoms with Crippen molar-refractivity contribution in [2.75, 3.05) is 13.2 Å². The van der Waals surface area contributed by atoms with Crippen molar-refractivity contribution < 1.29 is 9.90 Å². The van der Waals surface area contributed by atoms with Crippen molar-refractivity contribution >= 4 is 28.5 Å². The van der Waals surface area contributed by atoms with Gasteiger partial charge in [-0.2, -0.15) is 0 Å². The fourth-order valence-corrected chi connectivity index (χ4v) is 2.85. The number of aliphatic hydroxyl groups excluding tert-OH is 1. The third kappa shape index (κ3) is 2.47. The minimum absolute atomic E-state index is 0.00110. The van der Waals surface area contributed by atoms with E-state index in [4.69, 9.17) is 0 Å². The molecule has 1 saturated heterocycles. The van der Waals surface area contributed by atoms with Gasteiger partial charge in [-0.3, -0.25) is 4.79 Å². The molecule has 0 unspecified atom stereocenters. The molecule has 0 spiro atoms. The van der Waals surface area contributed by atoms with Gasteiger partial charge in [0.1, 0.15) is 0 Å². The summed E-state index contributed by atoms with van der Waals surface area (Å²) >= 11 is 2.22. The highest BCUT2D eigenvalue weighted by molar-refractivity contribution is 14.1. The van der Waals surface area contributed by atoms with E-state index in [0.717, 1.165) is 34.1 Å². The van der Waals surface area contributed by atoms with Crippen LogP contribution >= 0.6 is 22.6 Å². The zero-order chi connectivity index (χ0) is 12.4. The molecule has 1 aliphatic rings. The molecule has 0 bridgehead atoms. The molecule has 2 rings (SSSR count). The lowest BCUT2D eigenvalue weighted by Gasteiger charge is -2.23. The summed E-state index contributed by atoms with van der Waals surface area (Å²) in [6.07, 6.45) is 1.89. The lowest BCUT2D eigenvalue weighted by Crippen LogP contribution is -2.38. The van der Waals surface area contributed by atoms with Crippen LogP contribution in [0.5, 0.6) is 0 Å². The lowest BCUT2D eigenvalue weighted by atomic mass is 10.1. The number of aryl methyl sites for hydroxylation is 1. The maximum atomic E-state index is 12.4. The summed E-state index contributed by atoms with van der Waals surface area (Å²) in [6.45, 7) is 2.83. The standard InChI is InChI=1S/C13H16INO2/c1-9-4-2-6-11(12(9)14)13(17)15-7-3-5-10(15)8-16/h2,4,6,10,16H,3,5,7-8H2,1H3/t10-/m1/s1. The first kappa shape index (κ1) is 12.8. The van der Waals surface area contributed by atoms with Crippen molar-refractivity contribution in [1.82, 2.24) is 4.90 Å². The molecule has 17 heavy (non-hydrogen) atoms. The Morgan fingerprint density at radius 1 is 1.59 bits per heavy atom. The summed E-state index contributed by atoms with van der Waals surface area (Å²) in [6, 6.07) is 5.78. The quantitative estimate of drug-likeness (QED) is 0.835. The third-order valence-electron chi connectivity index (χ3n) is 3.27. The fourth-order valence-electron chi connectivity index (χ4n) is 2.26. The number of benzene rings is 1. The molecule has 4 heteroatoms. The molecule has 0 aromatic heterocycles. The van der Waals surface area contributed by atoms with Gasteiger partial charge in [-0.25, -0.2) is 0 Å². The van der Waals surface area contributed by atoms with Crippen LogP contribution in [-0.4, -0.2) is 35.1 Å². The molecule has 0 radical (unpaired) electrons. The number of nitrogens with zero attached hydrogens (tertiary/aromatic N) is 1. The van der Waals surface area contributed by atoms with Gasteiger partial charge in [0.05, 0.1) is 18.2 Å². The van der Waals surface area contributed by atoms with E-state index in [9.17, 15) is 9.90 Å².